The van der Waals surface area contributed by atoms with E-state index in [4.69, 9.17) is 0 Å². The second-order valence-corrected chi connectivity index (χ2v) is 13.1. The van der Waals surface area contributed by atoms with Crippen molar-refractivity contribution in [1.82, 2.24) is 15.4 Å². The molecule has 0 bridgehead atoms. The van der Waals surface area contributed by atoms with Gasteiger partial charge >= 0.3 is 269 Å². The zero-order valence-corrected chi connectivity index (χ0v) is 26.1. The third kappa shape index (κ3) is 5.01. The van der Waals surface area contributed by atoms with Gasteiger partial charge in [0.1, 0.15) is 0 Å². The third-order valence-corrected chi connectivity index (χ3v) is 10.7. The minimum atomic E-state index is 0.0444. The molecule has 0 N–H and O–H groups in total. The van der Waals surface area contributed by atoms with Crippen LogP contribution < -0.4 is 0 Å². The number of nitrogens with zero attached hydrogens (tertiary/aromatic N) is 3. The molecule has 0 fully saturated rings. The van der Waals surface area contributed by atoms with Crippen LogP contribution in [0, 0.1) is 0 Å². The van der Waals surface area contributed by atoms with Crippen molar-refractivity contribution >= 4 is 24.1 Å². The summed E-state index contributed by atoms with van der Waals surface area (Å²) in [4.78, 5) is 0. The minimum absolute atomic E-state index is 0.0444. The normalized spacial score (nSPS) is 11.1. The summed E-state index contributed by atoms with van der Waals surface area (Å²) < 4.78 is 2.73. The monoisotopic (exact) mass is 641 g/mol. The van der Waals surface area contributed by atoms with E-state index in [9.17, 15) is 0 Å². The van der Waals surface area contributed by atoms with E-state index in [2.05, 4.69) is 167 Å². The zero-order valence-electron chi connectivity index (χ0n) is 24.3. The van der Waals surface area contributed by atoms with E-state index >= 15 is 0 Å². The molecule has 0 aliphatic rings. The molecule has 0 aliphatic heterocycles. The number of benzene rings is 6. The van der Waals surface area contributed by atoms with Crippen LogP contribution in [-0.4, -0.2) is 29.9 Å². The number of rotatable bonds is 6. The van der Waals surface area contributed by atoms with Gasteiger partial charge < -0.3 is 0 Å². The molecule has 0 amide bonds. The molecule has 45 heavy (non-hydrogen) atoms. The molecule has 0 saturated carbocycles. The summed E-state index contributed by atoms with van der Waals surface area (Å²) in [7, 11) is 0. The summed E-state index contributed by atoms with van der Waals surface area (Å²) in [6, 6.07) is 56.2. The van der Waals surface area contributed by atoms with Crippen molar-refractivity contribution in [2.45, 2.75) is 0 Å². The summed E-state index contributed by atoms with van der Waals surface area (Å²) in [6.07, 6.45) is 1.74. The van der Waals surface area contributed by atoms with E-state index in [0.717, 1.165) is 33.5 Å². The Bertz CT molecular complexity index is 2230. The molecule has 2 heterocycles. The Balaban J connectivity index is 1.52. The molecule has 212 valence electrons. The van der Waals surface area contributed by atoms with E-state index in [1.54, 1.807) is 6.20 Å². The molecule has 0 spiro atoms. The first kappa shape index (κ1) is 27.2. The van der Waals surface area contributed by atoms with Gasteiger partial charge in [0.15, 0.2) is 0 Å². The van der Waals surface area contributed by atoms with Gasteiger partial charge in [0.2, 0.25) is 0 Å². The fourth-order valence-corrected chi connectivity index (χ4v) is 8.96. The molecule has 3 nitrogen and oxygen atoms in total. The second kappa shape index (κ2) is 11.9. The maximum atomic E-state index is 4.64. The molecule has 0 aliphatic carbocycles. The average molecular weight is 641 g/mol. The van der Waals surface area contributed by atoms with Crippen molar-refractivity contribution in [2.75, 3.05) is 0 Å². The summed E-state index contributed by atoms with van der Waals surface area (Å²) in [5.74, 6) is 0. The molecule has 0 unspecified atom stereocenters. The molecular formula is C41H27N3Se. The molecule has 4 heteroatoms. The summed E-state index contributed by atoms with van der Waals surface area (Å²) in [6.45, 7) is 0. The molecule has 8 rings (SSSR count). The SMILES string of the molecule is c1ccc(-c2ccc(-c3[se]c4cccc(-c5ccccc5)c4c3-c3ccccc3)c(-c3ccnnn3)c2-c2ccccc2)cc1. The first-order valence-corrected chi connectivity index (χ1v) is 16.7. The summed E-state index contributed by atoms with van der Waals surface area (Å²) in [5, 5.41) is 14.1. The van der Waals surface area contributed by atoms with Crippen molar-refractivity contribution in [3.63, 3.8) is 0 Å². The predicted octanol–water partition coefficient (Wildman–Crippen LogP) is 10.1. The molecule has 8 aromatic rings. The quantitative estimate of drug-likeness (QED) is 0.170. The first-order valence-electron chi connectivity index (χ1n) is 15.0. The Morgan fingerprint density at radius 3 is 1.56 bits per heavy atom. The molecule has 0 radical (unpaired) electrons. The fraction of sp³-hybridized carbons (Fsp3) is 0. The molecule has 0 saturated heterocycles. The van der Waals surface area contributed by atoms with Gasteiger partial charge in [-0.1, -0.05) is 0 Å². The van der Waals surface area contributed by atoms with Crippen LogP contribution in [0.2, 0.25) is 0 Å². The maximum absolute atomic E-state index is 4.64. The summed E-state index contributed by atoms with van der Waals surface area (Å²) in [5.41, 5.74) is 12.7. The molecule has 2 aromatic heterocycles. The van der Waals surface area contributed by atoms with Gasteiger partial charge in [0, 0.05) is 0 Å². The van der Waals surface area contributed by atoms with E-state index < -0.39 is 0 Å². The average Bonchev–Trinajstić information content (AvgIpc) is 3.53. The van der Waals surface area contributed by atoms with Gasteiger partial charge in [-0.3, -0.25) is 0 Å². The first-order chi connectivity index (χ1) is 22.4. The number of aromatic nitrogens is 3. The van der Waals surface area contributed by atoms with Crippen LogP contribution in [0.4, 0.5) is 0 Å². The molecular weight excluding hydrogens is 613 g/mol. The standard InChI is InChI=1S/C41H27N3Se/c1-5-14-28(15-6-1)32-22-13-23-36-40(32)38(31-20-11-4-12-21-31)41(45-36)34-25-24-33(29-16-7-2-8-17-29)37(30-18-9-3-10-19-30)39(34)35-26-27-42-44-43-35/h1-27H. The summed E-state index contributed by atoms with van der Waals surface area (Å²) >= 11 is 0.0444. The van der Waals surface area contributed by atoms with Crippen molar-refractivity contribution in [1.29, 1.82) is 0 Å². The number of hydrogen-bond acceptors (Lipinski definition) is 3. The van der Waals surface area contributed by atoms with E-state index in [-0.39, 0.29) is 14.5 Å². The molecule has 0 atom stereocenters. The fourth-order valence-electron chi connectivity index (χ4n) is 6.27. The Labute approximate surface area is 268 Å². The van der Waals surface area contributed by atoms with Crippen LogP contribution >= 0.6 is 0 Å². The van der Waals surface area contributed by atoms with Gasteiger partial charge in [-0.15, -0.1) is 0 Å². The van der Waals surface area contributed by atoms with Crippen LogP contribution in [0.25, 0.3) is 75.4 Å². The van der Waals surface area contributed by atoms with Crippen molar-refractivity contribution in [3.8, 4) is 65.8 Å². The number of fused-ring (bicyclic) bond motifs is 1. The van der Waals surface area contributed by atoms with Gasteiger partial charge in [-0.25, -0.2) is 0 Å². The van der Waals surface area contributed by atoms with Gasteiger partial charge in [0.05, 0.1) is 0 Å². The van der Waals surface area contributed by atoms with Gasteiger partial charge in [0.25, 0.3) is 0 Å². The van der Waals surface area contributed by atoms with Crippen LogP contribution in [0.1, 0.15) is 0 Å². The van der Waals surface area contributed by atoms with E-state index in [1.165, 1.54) is 41.9 Å². The van der Waals surface area contributed by atoms with E-state index in [1.807, 2.05) is 6.07 Å². The van der Waals surface area contributed by atoms with E-state index in [0.29, 0.717) is 0 Å². The van der Waals surface area contributed by atoms with Crippen molar-refractivity contribution < 1.29 is 0 Å². The predicted molar refractivity (Wildman–Crippen MR) is 187 cm³/mol. The Hall–Kier alpha value is -5.41. The van der Waals surface area contributed by atoms with Crippen LogP contribution in [-0.2, 0) is 0 Å². The zero-order chi connectivity index (χ0) is 30.0. The van der Waals surface area contributed by atoms with Crippen LogP contribution in [0.15, 0.2) is 164 Å². The van der Waals surface area contributed by atoms with Crippen LogP contribution in [0.5, 0.6) is 0 Å². The Kier molecular flexibility index (Phi) is 7.20. The second-order valence-electron chi connectivity index (χ2n) is 10.9. The topological polar surface area (TPSA) is 38.7 Å². The van der Waals surface area contributed by atoms with Gasteiger partial charge in [-0.05, 0) is 0 Å². The van der Waals surface area contributed by atoms with Crippen molar-refractivity contribution in [3.05, 3.63) is 164 Å². The Morgan fingerprint density at radius 1 is 0.400 bits per heavy atom. The molecule has 6 aromatic carbocycles. The number of hydrogen-bond donors (Lipinski definition) is 0. The van der Waals surface area contributed by atoms with Gasteiger partial charge in [-0.2, -0.15) is 0 Å². The van der Waals surface area contributed by atoms with Crippen LogP contribution in [0.3, 0.4) is 0 Å². The third-order valence-electron chi connectivity index (χ3n) is 8.22. The van der Waals surface area contributed by atoms with Crippen molar-refractivity contribution in [2.24, 2.45) is 0 Å². The Morgan fingerprint density at radius 2 is 0.956 bits per heavy atom.